The van der Waals surface area contributed by atoms with Crippen LogP contribution in [0.4, 0.5) is 13.2 Å². The summed E-state index contributed by atoms with van der Waals surface area (Å²) in [4.78, 5) is 0. The van der Waals surface area contributed by atoms with E-state index in [4.69, 9.17) is 4.74 Å². The van der Waals surface area contributed by atoms with Crippen molar-refractivity contribution >= 4 is 11.1 Å². The first-order valence-electron chi connectivity index (χ1n) is 4.09. The molecule has 1 fully saturated rings. The first kappa shape index (κ1) is 11.9. The Labute approximate surface area is 82.2 Å². The van der Waals surface area contributed by atoms with Gasteiger partial charge < -0.3 is 4.74 Å². The molecule has 0 bridgehead atoms. The Morgan fingerprint density at radius 2 is 1.93 bits per heavy atom. The summed E-state index contributed by atoms with van der Waals surface area (Å²) in [5.41, 5.74) is -4.99. The number of ether oxygens (including phenoxy) is 1. The van der Waals surface area contributed by atoms with Gasteiger partial charge >= 0.3 is 5.51 Å². The van der Waals surface area contributed by atoms with E-state index in [1.54, 1.807) is 0 Å². The van der Waals surface area contributed by atoms with Crippen LogP contribution in [0, 0.1) is 0 Å². The number of halogens is 3. The number of rotatable bonds is 5. The second-order valence-electron chi connectivity index (χ2n) is 3.30. The second-order valence-corrected chi connectivity index (χ2v) is 4.47. The van der Waals surface area contributed by atoms with Crippen LogP contribution < -0.4 is 0 Å². The Morgan fingerprint density at radius 1 is 1.36 bits per heavy atom. The maximum absolute atomic E-state index is 11.7. The third-order valence-corrected chi connectivity index (χ3v) is 2.63. The van der Waals surface area contributed by atoms with Crippen LogP contribution in [0.1, 0.15) is 19.8 Å². The summed E-state index contributed by atoms with van der Waals surface area (Å²) in [6.07, 6.45) is 1.82. The first-order valence-corrected chi connectivity index (χ1v) is 5.17. The SMILES string of the molecule is CC1(OCCOS(=O)C(F)(F)F)CC1. The van der Waals surface area contributed by atoms with E-state index in [0.29, 0.717) is 0 Å². The standard InChI is InChI=1S/C7H11F3O3S/c1-6(2-3-6)12-4-5-13-14(11)7(8,9)10/h2-5H2,1H3. The molecule has 3 nitrogen and oxygen atoms in total. The molecule has 0 spiro atoms. The zero-order valence-electron chi connectivity index (χ0n) is 7.60. The van der Waals surface area contributed by atoms with Crippen molar-refractivity contribution in [1.29, 1.82) is 0 Å². The zero-order chi connectivity index (χ0) is 10.8. The van der Waals surface area contributed by atoms with Gasteiger partial charge in [-0.25, -0.2) is 4.21 Å². The van der Waals surface area contributed by atoms with Gasteiger partial charge in [0.05, 0.1) is 18.8 Å². The molecule has 0 N–H and O–H groups in total. The van der Waals surface area contributed by atoms with E-state index < -0.39 is 16.6 Å². The van der Waals surface area contributed by atoms with Crippen molar-refractivity contribution in [2.24, 2.45) is 0 Å². The molecule has 0 amide bonds. The van der Waals surface area contributed by atoms with Crippen LogP contribution in [0.25, 0.3) is 0 Å². The van der Waals surface area contributed by atoms with Gasteiger partial charge in [-0.2, -0.15) is 13.2 Å². The molecule has 1 aliphatic carbocycles. The predicted molar refractivity (Wildman–Crippen MR) is 43.7 cm³/mol. The molecule has 0 saturated heterocycles. The van der Waals surface area contributed by atoms with E-state index >= 15 is 0 Å². The Kier molecular flexibility index (Phi) is 3.54. The summed E-state index contributed by atoms with van der Waals surface area (Å²) >= 11 is -3.23. The normalized spacial score (nSPS) is 22.0. The maximum Gasteiger partial charge on any atom is 0.497 e. The van der Waals surface area contributed by atoms with Crippen molar-refractivity contribution < 1.29 is 26.3 Å². The fourth-order valence-corrected chi connectivity index (χ4v) is 1.14. The van der Waals surface area contributed by atoms with E-state index in [0.717, 1.165) is 12.8 Å². The van der Waals surface area contributed by atoms with Crippen LogP contribution in [0.3, 0.4) is 0 Å². The van der Waals surface area contributed by atoms with Crippen LogP contribution in [0.15, 0.2) is 0 Å². The smallest absolute Gasteiger partial charge is 0.373 e. The third kappa shape index (κ3) is 3.93. The van der Waals surface area contributed by atoms with Crippen molar-refractivity contribution in [1.82, 2.24) is 0 Å². The second kappa shape index (κ2) is 4.16. The molecule has 0 aromatic carbocycles. The molecule has 1 saturated carbocycles. The lowest BCUT2D eigenvalue weighted by atomic mass is 10.4. The lowest BCUT2D eigenvalue weighted by Crippen LogP contribution is -2.21. The molecule has 84 valence electrons. The summed E-state index contributed by atoms with van der Waals surface area (Å²) in [5, 5.41) is 0. The Hall–Kier alpha value is -0.140. The van der Waals surface area contributed by atoms with Crippen molar-refractivity contribution in [3.63, 3.8) is 0 Å². The van der Waals surface area contributed by atoms with E-state index in [9.17, 15) is 17.4 Å². The fourth-order valence-electron chi connectivity index (χ4n) is 0.785. The van der Waals surface area contributed by atoms with E-state index in [-0.39, 0.29) is 18.8 Å². The quantitative estimate of drug-likeness (QED) is 0.677. The molecule has 1 unspecified atom stereocenters. The molecule has 7 heteroatoms. The summed E-state index contributed by atoms with van der Waals surface area (Å²) in [6, 6.07) is 0. The molecule has 0 aromatic heterocycles. The van der Waals surface area contributed by atoms with Crippen LogP contribution in [0.5, 0.6) is 0 Å². The van der Waals surface area contributed by atoms with Crippen molar-refractivity contribution in [2.45, 2.75) is 30.9 Å². The summed E-state index contributed by atoms with van der Waals surface area (Å²) in [5.74, 6) is 0. The topological polar surface area (TPSA) is 35.5 Å². The van der Waals surface area contributed by atoms with Gasteiger partial charge in [-0.15, -0.1) is 0 Å². The molecule has 14 heavy (non-hydrogen) atoms. The van der Waals surface area contributed by atoms with E-state index in [1.807, 2.05) is 6.92 Å². The fraction of sp³-hybridized carbons (Fsp3) is 1.00. The summed E-state index contributed by atoms with van der Waals surface area (Å²) < 4.78 is 54.5. The van der Waals surface area contributed by atoms with Crippen LogP contribution >= 0.6 is 0 Å². The minimum atomic E-state index is -4.80. The van der Waals surface area contributed by atoms with Gasteiger partial charge in [-0.1, -0.05) is 0 Å². The van der Waals surface area contributed by atoms with Gasteiger partial charge in [0.2, 0.25) is 0 Å². The van der Waals surface area contributed by atoms with Crippen molar-refractivity contribution in [2.75, 3.05) is 13.2 Å². The Balaban J connectivity index is 2.06. The molecule has 0 aliphatic heterocycles. The Bertz CT molecular complexity index is 225. The van der Waals surface area contributed by atoms with E-state index in [1.165, 1.54) is 0 Å². The minimum Gasteiger partial charge on any atom is -0.373 e. The highest BCUT2D eigenvalue weighted by atomic mass is 32.2. The van der Waals surface area contributed by atoms with Gasteiger partial charge in [0.1, 0.15) is 0 Å². The monoisotopic (exact) mass is 232 g/mol. The van der Waals surface area contributed by atoms with Gasteiger partial charge in [-0.05, 0) is 19.8 Å². The summed E-state index contributed by atoms with van der Waals surface area (Å²) in [7, 11) is 0. The Morgan fingerprint density at radius 3 is 2.36 bits per heavy atom. The number of hydrogen-bond acceptors (Lipinski definition) is 3. The number of alkyl halides is 3. The lowest BCUT2D eigenvalue weighted by molar-refractivity contribution is -0.0495. The van der Waals surface area contributed by atoms with Gasteiger partial charge in [0, 0.05) is 0 Å². The highest BCUT2D eigenvalue weighted by Crippen LogP contribution is 2.38. The molecule has 1 aliphatic rings. The molecular weight excluding hydrogens is 221 g/mol. The molecule has 0 aromatic rings. The average Bonchev–Trinajstić information content (AvgIpc) is 2.76. The van der Waals surface area contributed by atoms with Crippen LogP contribution in [-0.4, -0.2) is 28.5 Å². The number of hydrogen-bond donors (Lipinski definition) is 0. The van der Waals surface area contributed by atoms with Gasteiger partial charge in [0.25, 0.3) is 11.1 Å². The van der Waals surface area contributed by atoms with Gasteiger partial charge in [-0.3, -0.25) is 4.18 Å². The third-order valence-electron chi connectivity index (χ3n) is 1.87. The van der Waals surface area contributed by atoms with Crippen molar-refractivity contribution in [3.8, 4) is 0 Å². The van der Waals surface area contributed by atoms with E-state index in [2.05, 4.69) is 4.18 Å². The lowest BCUT2D eigenvalue weighted by Gasteiger charge is -2.10. The molecule has 0 radical (unpaired) electrons. The van der Waals surface area contributed by atoms with Crippen LogP contribution in [-0.2, 0) is 20.0 Å². The largest absolute Gasteiger partial charge is 0.497 e. The highest BCUT2D eigenvalue weighted by molar-refractivity contribution is 7.81. The van der Waals surface area contributed by atoms with Crippen molar-refractivity contribution in [3.05, 3.63) is 0 Å². The van der Waals surface area contributed by atoms with Gasteiger partial charge in [0.15, 0.2) is 0 Å². The molecular formula is C7H11F3O3S. The summed E-state index contributed by atoms with van der Waals surface area (Å²) in [6.45, 7) is 1.60. The maximum atomic E-state index is 11.7. The van der Waals surface area contributed by atoms with Crippen LogP contribution in [0.2, 0.25) is 0 Å². The first-order chi connectivity index (χ1) is 6.33. The molecule has 0 heterocycles. The highest BCUT2D eigenvalue weighted by Gasteiger charge is 2.40. The molecule has 1 rings (SSSR count). The predicted octanol–water partition coefficient (Wildman–Crippen LogP) is 1.76. The average molecular weight is 232 g/mol. The zero-order valence-corrected chi connectivity index (χ0v) is 8.41. The molecule has 1 atom stereocenters. The minimum absolute atomic E-state index is 0.0400.